The zero-order valence-corrected chi connectivity index (χ0v) is 27.8. The molecule has 3 aromatic rings. The number of nitrogens with one attached hydrogen (secondary N) is 3. The largest absolute Gasteiger partial charge is 0.497 e. The number of alkyl carbamates (subject to hydrolysis) is 1. The third kappa shape index (κ3) is 11.0. The van der Waals surface area contributed by atoms with E-state index in [0.29, 0.717) is 16.8 Å². The number of nitrogens with zero attached hydrogens (tertiary/aromatic N) is 1. The van der Waals surface area contributed by atoms with Crippen molar-refractivity contribution in [1.82, 2.24) is 15.3 Å². The van der Waals surface area contributed by atoms with Crippen molar-refractivity contribution in [2.75, 3.05) is 66.2 Å². The normalized spacial score (nSPS) is 14.3. The number of carbonyl (C=O) groups excluding carboxylic acids is 2. The molecule has 1 saturated heterocycles. The van der Waals surface area contributed by atoms with E-state index in [1.165, 1.54) is 22.5 Å². The van der Waals surface area contributed by atoms with Crippen molar-refractivity contribution in [2.24, 2.45) is 0 Å². The van der Waals surface area contributed by atoms with E-state index in [9.17, 15) is 23.2 Å². The number of piperazine rings is 1. The molecule has 15 heteroatoms. The maximum Gasteiger partial charge on any atom is 0.407 e. The van der Waals surface area contributed by atoms with Crippen molar-refractivity contribution in [3.8, 4) is 16.9 Å². The lowest BCUT2D eigenvalue weighted by Gasteiger charge is -2.28. The molecule has 0 spiro atoms. The summed E-state index contributed by atoms with van der Waals surface area (Å²) < 4.78 is 44.6. The first-order valence-electron chi connectivity index (χ1n) is 15.8. The molecule has 260 valence electrons. The van der Waals surface area contributed by atoms with Gasteiger partial charge in [0.05, 0.1) is 31.8 Å². The Balaban J connectivity index is 1.44. The molecular formula is C33H45N5O9S+2. The maximum absolute atomic E-state index is 14.0. The van der Waals surface area contributed by atoms with E-state index in [1.54, 1.807) is 43.5 Å². The number of rotatable bonds is 18. The summed E-state index contributed by atoms with van der Waals surface area (Å²) in [6, 6.07) is 20.9. The van der Waals surface area contributed by atoms with Gasteiger partial charge in [-0.25, -0.2) is 18.7 Å². The van der Waals surface area contributed by atoms with Gasteiger partial charge in [0.25, 0.3) is 15.9 Å². The number of hydrogen-bond donors (Lipinski definition) is 5. The summed E-state index contributed by atoms with van der Waals surface area (Å²) in [5.74, 6) is -0.354. The van der Waals surface area contributed by atoms with E-state index in [1.807, 2.05) is 30.3 Å². The van der Waals surface area contributed by atoms with Crippen molar-refractivity contribution in [3.63, 3.8) is 0 Å². The van der Waals surface area contributed by atoms with Gasteiger partial charge in [-0.05, 0) is 47.4 Å². The van der Waals surface area contributed by atoms with Crippen LogP contribution in [0, 0.1) is 0 Å². The fraction of sp³-hybridized carbons (Fsp3) is 0.394. The number of amides is 2. The Labute approximate surface area is 280 Å². The van der Waals surface area contributed by atoms with Crippen LogP contribution in [0.2, 0.25) is 0 Å². The predicted octanol–water partition coefficient (Wildman–Crippen LogP) is -0.0465. The summed E-state index contributed by atoms with van der Waals surface area (Å²) in [7, 11) is -2.89. The molecule has 4 rings (SSSR count). The molecule has 3 aromatic carbocycles. The third-order valence-corrected chi connectivity index (χ3v) is 9.53. The topological polar surface area (TPSA) is 174 Å². The molecule has 14 nitrogen and oxygen atoms in total. The first kappa shape index (κ1) is 36.7. The number of hydroxylamine groups is 2. The number of ether oxygens (including phenoxy) is 3. The van der Waals surface area contributed by atoms with Crippen molar-refractivity contribution >= 4 is 22.0 Å². The average molecular weight is 688 g/mol. The number of nitrogens with two attached hydrogens (primary N) is 1. The summed E-state index contributed by atoms with van der Waals surface area (Å²) >= 11 is 0. The Morgan fingerprint density at radius 1 is 0.938 bits per heavy atom. The van der Waals surface area contributed by atoms with Crippen molar-refractivity contribution in [3.05, 3.63) is 84.4 Å². The molecule has 0 saturated carbocycles. The highest BCUT2D eigenvalue weighted by Gasteiger charge is 2.37. The van der Waals surface area contributed by atoms with Crippen LogP contribution in [-0.4, -0.2) is 102 Å². The van der Waals surface area contributed by atoms with Crippen LogP contribution in [0.15, 0.2) is 83.8 Å². The molecule has 2 amide bonds. The highest BCUT2D eigenvalue weighted by molar-refractivity contribution is 7.89. The lowest BCUT2D eigenvalue weighted by atomic mass is 10.1. The number of hydrogen-bond acceptors (Lipinski definition) is 9. The van der Waals surface area contributed by atoms with Crippen molar-refractivity contribution < 1.29 is 52.5 Å². The van der Waals surface area contributed by atoms with Crippen LogP contribution < -0.4 is 25.8 Å². The summed E-state index contributed by atoms with van der Waals surface area (Å²) in [5, 5.41) is 14.3. The van der Waals surface area contributed by atoms with Gasteiger partial charge >= 0.3 is 6.09 Å². The Morgan fingerprint density at radius 2 is 1.60 bits per heavy atom. The van der Waals surface area contributed by atoms with Crippen LogP contribution in [0.5, 0.6) is 5.75 Å². The molecule has 0 aliphatic carbocycles. The van der Waals surface area contributed by atoms with Gasteiger partial charge in [-0.3, -0.25) is 14.8 Å². The van der Waals surface area contributed by atoms with Gasteiger partial charge in [0, 0.05) is 6.54 Å². The molecule has 1 aliphatic rings. The second-order valence-electron chi connectivity index (χ2n) is 11.1. The monoisotopic (exact) mass is 687 g/mol. The van der Waals surface area contributed by atoms with Crippen LogP contribution in [0.25, 0.3) is 11.1 Å². The lowest BCUT2D eigenvalue weighted by Crippen LogP contribution is -3.20. The Morgan fingerprint density at radius 3 is 2.25 bits per heavy atom. The molecule has 1 atom stereocenters. The van der Waals surface area contributed by atoms with Gasteiger partial charge in [-0.1, -0.05) is 59.1 Å². The standard InChI is InChI=1S/C33H43N5O9S/c1-44-29-11-7-27(8-12-29)28-9-13-30(14-10-28)48(42,43)38(47-24-23-45-22-21-37-19-17-34-18-20-37)31(32(39)36-41)15-16-35-33(40)46-25-26-5-3-2-4-6-26/h2-14,31,34,41H,15-25H2,1H3,(H,35,40)(H,36,39)/p+2/t31-/m1/s1. The zero-order valence-electron chi connectivity index (χ0n) is 27.0. The maximum atomic E-state index is 14.0. The minimum atomic E-state index is -4.46. The first-order valence-corrected chi connectivity index (χ1v) is 17.3. The van der Waals surface area contributed by atoms with Crippen LogP contribution in [0.3, 0.4) is 0 Å². The van der Waals surface area contributed by atoms with E-state index in [2.05, 4.69) is 10.6 Å². The number of carbonyl (C=O) groups is 2. The van der Waals surface area contributed by atoms with Gasteiger partial charge < -0.3 is 29.7 Å². The molecule has 48 heavy (non-hydrogen) atoms. The Bertz CT molecular complexity index is 1520. The SMILES string of the molecule is COc1ccc(-c2ccc(S(=O)(=O)N(OCCOCC[NH+]3CC[NH2+]CC3)[C@H](CCNC(=O)OCc3ccccc3)C(=O)NO)cc2)cc1. The molecule has 0 unspecified atom stereocenters. The van der Waals surface area contributed by atoms with Crippen LogP contribution in [-0.2, 0) is 35.7 Å². The molecule has 0 radical (unpaired) electrons. The molecule has 1 aliphatic heterocycles. The summed E-state index contributed by atoms with van der Waals surface area (Å²) in [6.07, 6.45) is -1.000. The van der Waals surface area contributed by atoms with E-state index in [0.717, 1.165) is 49.4 Å². The second kappa shape index (κ2) is 19.0. The lowest BCUT2D eigenvalue weighted by molar-refractivity contribution is -0.947. The second-order valence-corrected chi connectivity index (χ2v) is 12.9. The van der Waals surface area contributed by atoms with Gasteiger partial charge in [0.15, 0.2) is 0 Å². The minimum Gasteiger partial charge on any atom is -0.497 e. The van der Waals surface area contributed by atoms with Crippen LogP contribution in [0.4, 0.5) is 4.79 Å². The summed E-state index contributed by atoms with van der Waals surface area (Å²) in [4.78, 5) is 32.2. The first-order chi connectivity index (χ1) is 23.3. The number of quaternary nitrogens is 2. The molecule has 0 bridgehead atoms. The predicted molar refractivity (Wildman–Crippen MR) is 174 cm³/mol. The number of benzene rings is 3. The van der Waals surface area contributed by atoms with Gasteiger partial charge in [0.2, 0.25) is 0 Å². The smallest absolute Gasteiger partial charge is 0.407 e. The molecule has 6 N–H and O–H groups in total. The highest BCUT2D eigenvalue weighted by atomic mass is 32.2. The fourth-order valence-electron chi connectivity index (χ4n) is 5.16. The molecule has 1 fully saturated rings. The van der Waals surface area contributed by atoms with E-state index in [4.69, 9.17) is 19.0 Å². The Hall–Kier alpha value is -4.09. The highest BCUT2D eigenvalue weighted by Crippen LogP contribution is 2.26. The van der Waals surface area contributed by atoms with Gasteiger partial charge in [-0.15, -0.1) is 0 Å². The summed E-state index contributed by atoms with van der Waals surface area (Å²) in [6.45, 7) is 5.27. The van der Waals surface area contributed by atoms with E-state index < -0.39 is 28.1 Å². The van der Waals surface area contributed by atoms with Gasteiger partial charge in [-0.2, -0.15) is 0 Å². The van der Waals surface area contributed by atoms with Gasteiger partial charge in [0.1, 0.15) is 51.1 Å². The molecule has 1 heterocycles. The van der Waals surface area contributed by atoms with Crippen molar-refractivity contribution in [1.29, 1.82) is 0 Å². The van der Waals surface area contributed by atoms with Crippen LogP contribution >= 0.6 is 0 Å². The fourth-order valence-corrected chi connectivity index (χ4v) is 6.60. The van der Waals surface area contributed by atoms with Crippen molar-refractivity contribution in [2.45, 2.75) is 24.0 Å². The number of methoxy groups -OCH3 is 1. The van der Waals surface area contributed by atoms with Crippen LogP contribution in [0.1, 0.15) is 12.0 Å². The Kier molecular flexibility index (Phi) is 14.6. The molecule has 0 aromatic heterocycles. The average Bonchev–Trinajstić information content (AvgIpc) is 3.13. The minimum absolute atomic E-state index is 0.0288. The van der Waals surface area contributed by atoms with E-state index >= 15 is 0 Å². The number of sulfonamides is 1. The quantitative estimate of drug-likeness (QED) is 0.0699. The van der Waals surface area contributed by atoms with E-state index in [-0.39, 0.29) is 37.7 Å². The summed E-state index contributed by atoms with van der Waals surface area (Å²) in [5.41, 5.74) is 3.91. The third-order valence-electron chi connectivity index (χ3n) is 7.83. The zero-order chi connectivity index (χ0) is 34.2. The molecular weight excluding hydrogens is 642 g/mol.